The molecule has 2 aromatic heterocycles. The lowest BCUT2D eigenvalue weighted by molar-refractivity contribution is 0.414. The minimum atomic E-state index is 0.798. The number of fused-ring (bicyclic) bond motifs is 1. The molecule has 84 valence electrons. The Bertz CT molecular complexity index is 617. The summed E-state index contributed by atoms with van der Waals surface area (Å²) < 4.78 is 4.81. The van der Waals surface area contributed by atoms with E-state index in [0.29, 0.717) is 0 Å². The van der Waals surface area contributed by atoms with Crippen LogP contribution in [0.25, 0.3) is 10.9 Å². The number of thioether (sulfide) groups is 1. The molecule has 0 aliphatic heterocycles. The minimum Gasteiger partial charge on any atom is -0.364 e. The molecule has 17 heavy (non-hydrogen) atoms. The van der Waals surface area contributed by atoms with Crippen molar-refractivity contribution in [3.63, 3.8) is 0 Å². The lowest BCUT2D eigenvalue weighted by Gasteiger charge is -2.03. The number of benzene rings is 1. The van der Waals surface area contributed by atoms with E-state index in [0.717, 1.165) is 22.3 Å². The quantitative estimate of drug-likeness (QED) is 0.659. The molecule has 0 spiro atoms. The van der Waals surface area contributed by atoms with Gasteiger partial charge in [0.25, 0.3) is 0 Å². The van der Waals surface area contributed by atoms with Gasteiger partial charge in [0.2, 0.25) is 0 Å². The van der Waals surface area contributed by atoms with Crippen LogP contribution >= 0.6 is 11.8 Å². The zero-order chi connectivity index (χ0) is 11.5. The topological polar surface area (TPSA) is 38.9 Å². The van der Waals surface area contributed by atoms with Gasteiger partial charge in [0.05, 0.1) is 11.2 Å². The van der Waals surface area contributed by atoms with Gasteiger partial charge in [-0.05, 0) is 12.1 Å². The highest BCUT2D eigenvalue weighted by atomic mass is 32.2. The maximum absolute atomic E-state index is 4.81. The maximum atomic E-state index is 4.81. The van der Waals surface area contributed by atoms with Crippen LogP contribution in [-0.2, 0) is 5.75 Å². The first-order chi connectivity index (χ1) is 8.43. The summed E-state index contributed by atoms with van der Waals surface area (Å²) in [6.45, 7) is 0. The Labute approximate surface area is 103 Å². The van der Waals surface area contributed by atoms with Crippen LogP contribution in [-0.4, -0.2) is 10.1 Å². The maximum Gasteiger partial charge on any atom is 0.124 e. The lowest BCUT2D eigenvalue weighted by Crippen LogP contribution is -1.83. The molecule has 3 rings (SSSR count). The predicted octanol–water partition coefficient (Wildman–Crippen LogP) is 3.52. The molecule has 0 atom stereocenters. The Hall–Kier alpha value is -1.81. The first-order valence-electron chi connectivity index (χ1n) is 5.29. The summed E-state index contributed by atoms with van der Waals surface area (Å²) in [5, 5.41) is 5.06. The predicted molar refractivity (Wildman–Crippen MR) is 67.8 cm³/mol. The molecule has 3 aromatic rings. The molecule has 2 heterocycles. The largest absolute Gasteiger partial charge is 0.364 e. The van der Waals surface area contributed by atoms with Gasteiger partial charge in [-0.1, -0.05) is 23.4 Å². The van der Waals surface area contributed by atoms with Gasteiger partial charge in [0.1, 0.15) is 6.26 Å². The SMILES string of the molecule is c1cnc2c(SCc3ccon3)cccc2c1. The Morgan fingerprint density at radius 3 is 2.94 bits per heavy atom. The van der Waals surface area contributed by atoms with E-state index in [2.05, 4.69) is 34.4 Å². The van der Waals surface area contributed by atoms with Crippen LogP contribution in [0.3, 0.4) is 0 Å². The summed E-state index contributed by atoms with van der Waals surface area (Å²) in [6, 6.07) is 12.1. The third kappa shape index (κ3) is 2.17. The van der Waals surface area contributed by atoms with E-state index in [1.807, 2.05) is 18.3 Å². The highest BCUT2D eigenvalue weighted by Gasteiger charge is 2.04. The van der Waals surface area contributed by atoms with Crippen LogP contribution in [0.5, 0.6) is 0 Å². The van der Waals surface area contributed by atoms with Crippen molar-refractivity contribution in [1.29, 1.82) is 0 Å². The van der Waals surface area contributed by atoms with Crippen molar-refractivity contribution >= 4 is 22.7 Å². The highest BCUT2D eigenvalue weighted by Crippen LogP contribution is 2.28. The fourth-order valence-corrected chi connectivity index (χ4v) is 2.59. The van der Waals surface area contributed by atoms with E-state index in [4.69, 9.17) is 4.52 Å². The molecule has 1 aromatic carbocycles. The van der Waals surface area contributed by atoms with E-state index < -0.39 is 0 Å². The highest BCUT2D eigenvalue weighted by molar-refractivity contribution is 7.98. The van der Waals surface area contributed by atoms with E-state index in [9.17, 15) is 0 Å². The summed E-state index contributed by atoms with van der Waals surface area (Å²) in [5.74, 6) is 0.798. The summed E-state index contributed by atoms with van der Waals surface area (Å²) in [4.78, 5) is 5.59. The molecule has 0 amide bonds. The summed E-state index contributed by atoms with van der Waals surface area (Å²) in [7, 11) is 0. The number of hydrogen-bond donors (Lipinski definition) is 0. The molecule has 4 heteroatoms. The van der Waals surface area contributed by atoms with Crippen LogP contribution in [0, 0.1) is 0 Å². The minimum absolute atomic E-state index is 0.798. The van der Waals surface area contributed by atoms with Gasteiger partial charge in [0, 0.05) is 28.3 Å². The monoisotopic (exact) mass is 242 g/mol. The zero-order valence-corrected chi connectivity index (χ0v) is 9.85. The van der Waals surface area contributed by atoms with Crippen molar-refractivity contribution in [2.24, 2.45) is 0 Å². The molecule has 0 aliphatic rings. The molecule has 0 unspecified atom stereocenters. The molecule has 0 bridgehead atoms. The molecule has 3 nitrogen and oxygen atoms in total. The van der Waals surface area contributed by atoms with Crippen molar-refractivity contribution in [2.45, 2.75) is 10.6 Å². The number of pyridine rings is 1. The summed E-state index contributed by atoms with van der Waals surface area (Å²) >= 11 is 1.72. The van der Waals surface area contributed by atoms with Crippen molar-refractivity contribution in [2.75, 3.05) is 0 Å². The van der Waals surface area contributed by atoms with E-state index in [1.165, 1.54) is 4.90 Å². The molecule has 0 saturated heterocycles. The Kier molecular flexibility index (Phi) is 2.80. The van der Waals surface area contributed by atoms with Gasteiger partial charge in [-0.3, -0.25) is 4.98 Å². The number of nitrogens with zero attached hydrogens (tertiary/aromatic N) is 2. The number of para-hydroxylation sites is 1. The van der Waals surface area contributed by atoms with E-state index in [1.54, 1.807) is 18.0 Å². The van der Waals surface area contributed by atoms with Crippen LogP contribution in [0.1, 0.15) is 5.69 Å². The second-order valence-electron chi connectivity index (χ2n) is 3.61. The van der Waals surface area contributed by atoms with Crippen molar-refractivity contribution in [3.05, 3.63) is 54.6 Å². The second-order valence-corrected chi connectivity index (χ2v) is 4.63. The average Bonchev–Trinajstić information content (AvgIpc) is 2.89. The number of aromatic nitrogens is 2. The van der Waals surface area contributed by atoms with Gasteiger partial charge in [-0.2, -0.15) is 0 Å². The third-order valence-corrected chi connectivity index (χ3v) is 3.54. The van der Waals surface area contributed by atoms with Gasteiger partial charge < -0.3 is 4.52 Å². The third-order valence-electron chi connectivity index (χ3n) is 2.46. The molecule has 0 aliphatic carbocycles. The lowest BCUT2D eigenvalue weighted by atomic mass is 10.2. The van der Waals surface area contributed by atoms with Gasteiger partial charge in [-0.15, -0.1) is 11.8 Å². The molecule has 0 N–H and O–H groups in total. The fourth-order valence-electron chi connectivity index (χ4n) is 1.66. The normalized spacial score (nSPS) is 10.8. The summed E-state index contributed by atoms with van der Waals surface area (Å²) in [5.41, 5.74) is 1.99. The summed E-state index contributed by atoms with van der Waals surface area (Å²) in [6.07, 6.45) is 3.42. The van der Waals surface area contributed by atoms with Crippen molar-refractivity contribution in [3.8, 4) is 0 Å². The molecule has 0 fully saturated rings. The zero-order valence-electron chi connectivity index (χ0n) is 9.04. The van der Waals surface area contributed by atoms with Crippen LogP contribution in [0.2, 0.25) is 0 Å². The Morgan fingerprint density at radius 1 is 1.12 bits per heavy atom. The molecular weight excluding hydrogens is 232 g/mol. The fraction of sp³-hybridized carbons (Fsp3) is 0.0769. The average molecular weight is 242 g/mol. The molecular formula is C13H10N2OS. The standard InChI is InChI=1S/C13H10N2OS/c1-3-10-4-2-7-14-13(10)12(5-1)17-9-11-6-8-16-15-11/h1-8H,9H2. The van der Waals surface area contributed by atoms with Gasteiger partial charge in [-0.25, -0.2) is 0 Å². The van der Waals surface area contributed by atoms with Gasteiger partial charge in [0.15, 0.2) is 0 Å². The Balaban J connectivity index is 1.90. The van der Waals surface area contributed by atoms with Crippen LogP contribution in [0.4, 0.5) is 0 Å². The first-order valence-corrected chi connectivity index (χ1v) is 6.28. The van der Waals surface area contributed by atoms with Gasteiger partial charge >= 0.3 is 0 Å². The smallest absolute Gasteiger partial charge is 0.124 e. The van der Waals surface area contributed by atoms with E-state index in [-0.39, 0.29) is 0 Å². The van der Waals surface area contributed by atoms with E-state index >= 15 is 0 Å². The number of rotatable bonds is 3. The van der Waals surface area contributed by atoms with Crippen molar-refractivity contribution < 1.29 is 4.52 Å². The second kappa shape index (κ2) is 4.59. The molecule has 0 radical (unpaired) electrons. The molecule has 0 saturated carbocycles. The number of hydrogen-bond acceptors (Lipinski definition) is 4. The van der Waals surface area contributed by atoms with Crippen molar-refractivity contribution in [1.82, 2.24) is 10.1 Å². The first kappa shape index (κ1) is 10.4. The van der Waals surface area contributed by atoms with Crippen LogP contribution < -0.4 is 0 Å². The van der Waals surface area contributed by atoms with Crippen LogP contribution in [0.15, 0.2) is 58.3 Å². The Morgan fingerprint density at radius 2 is 2.06 bits per heavy atom.